The van der Waals surface area contributed by atoms with Crippen LogP contribution in [0.2, 0.25) is 0 Å². The van der Waals surface area contributed by atoms with Crippen LogP contribution in [-0.2, 0) is 11.3 Å². The summed E-state index contributed by atoms with van der Waals surface area (Å²) in [4.78, 5) is 33.0. The van der Waals surface area contributed by atoms with E-state index in [1.165, 1.54) is 10.9 Å². The van der Waals surface area contributed by atoms with E-state index >= 15 is 0 Å². The molecule has 0 unspecified atom stereocenters. The minimum atomic E-state index is -0.249. The van der Waals surface area contributed by atoms with Crippen LogP contribution in [-0.4, -0.2) is 30.2 Å². The Balaban J connectivity index is 1.67. The lowest BCUT2D eigenvalue weighted by Gasteiger charge is -2.06. The van der Waals surface area contributed by atoms with Gasteiger partial charge in [0.2, 0.25) is 11.9 Å². The van der Waals surface area contributed by atoms with Crippen LogP contribution in [0.1, 0.15) is 32.1 Å². The lowest BCUT2D eigenvalue weighted by Crippen LogP contribution is -2.23. The predicted molar refractivity (Wildman–Crippen MR) is 94.4 cm³/mol. The molecule has 3 aromatic rings. The highest BCUT2D eigenvalue weighted by Crippen LogP contribution is 2.10. The van der Waals surface area contributed by atoms with E-state index in [1.54, 1.807) is 22.9 Å². The van der Waals surface area contributed by atoms with Gasteiger partial charge in [-0.15, -0.1) is 5.10 Å². The summed E-state index contributed by atoms with van der Waals surface area (Å²) in [5.74, 6) is 0.765. The Bertz CT molecular complexity index is 973. The van der Waals surface area contributed by atoms with Gasteiger partial charge in [0.05, 0.1) is 17.2 Å². The number of aromatic nitrogens is 5. The van der Waals surface area contributed by atoms with Gasteiger partial charge >= 0.3 is 0 Å². The number of hydrogen-bond acceptors (Lipinski definition) is 5. The molecule has 0 aliphatic heterocycles. The van der Waals surface area contributed by atoms with Crippen molar-refractivity contribution in [1.82, 2.24) is 24.3 Å². The number of anilines is 1. The number of hydrogen-bond donors (Lipinski definition) is 1. The van der Waals surface area contributed by atoms with Crippen LogP contribution in [0.4, 0.5) is 5.95 Å². The SMILES string of the molecule is Cc1nc(NC(=O)CCn2cnc3ccccc3c2=O)nn1C(C)C. The van der Waals surface area contributed by atoms with Crippen molar-refractivity contribution in [2.45, 2.75) is 39.8 Å². The Morgan fingerprint density at radius 2 is 2.04 bits per heavy atom. The van der Waals surface area contributed by atoms with Gasteiger partial charge in [0.1, 0.15) is 5.82 Å². The highest BCUT2D eigenvalue weighted by molar-refractivity contribution is 5.88. The van der Waals surface area contributed by atoms with Crippen LogP contribution in [0.3, 0.4) is 0 Å². The molecule has 3 rings (SSSR count). The molecule has 0 saturated heterocycles. The van der Waals surface area contributed by atoms with Crippen LogP contribution in [0.25, 0.3) is 10.9 Å². The second-order valence-electron chi connectivity index (χ2n) is 6.08. The van der Waals surface area contributed by atoms with Gasteiger partial charge in [0.15, 0.2) is 0 Å². The molecule has 0 bridgehead atoms. The molecule has 8 nitrogen and oxygen atoms in total. The van der Waals surface area contributed by atoms with Gasteiger partial charge in [-0.3, -0.25) is 19.5 Å². The first-order valence-electron chi connectivity index (χ1n) is 8.13. The molecule has 2 aromatic heterocycles. The summed E-state index contributed by atoms with van der Waals surface area (Å²) in [6.07, 6.45) is 1.60. The molecule has 8 heteroatoms. The summed E-state index contributed by atoms with van der Waals surface area (Å²) >= 11 is 0. The zero-order chi connectivity index (χ0) is 18.0. The summed E-state index contributed by atoms with van der Waals surface area (Å²) in [5, 5.41) is 7.46. The second kappa shape index (κ2) is 6.84. The Hall–Kier alpha value is -3.03. The first kappa shape index (κ1) is 16.8. The van der Waals surface area contributed by atoms with E-state index in [1.807, 2.05) is 26.8 Å². The van der Waals surface area contributed by atoms with Crippen molar-refractivity contribution < 1.29 is 4.79 Å². The molecule has 0 atom stereocenters. The number of nitrogens with one attached hydrogen (secondary N) is 1. The van der Waals surface area contributed by atoms with Crippen LogP contribution in [0.5, 0.6) is 0 Å². The van der Waals surface area contributed by atoms with Crippen molar-refractivity contribution >= 4 is 22.8 Å². The number of nitrogens with zero attached hydrogens (tertiary/aromatic N) is 5. The minimum Gasteiger partial charge on any atom is -0.298 e. The van der Waals surface area contributed by atoms with E-state index in [9.17, 15) is 9.59 Å². The summed E-state index contributed by atoms with van der Waals surface area (Å²) in [5.41, 5.74) is 0.489. The summed E-state index contributed by atoms with van der Waals surface area (Å²) in [6.45, 7) is 6.06. The molecule has 0 aliphatic rings. The Labute approximate surface area is 144 Å². The largest absolute Gasteiger partial charge is 0.298 e. The molecular weight excluding hydrogens is 320 g/mol. The van der Waals surface area contributed by atoms with Gasteiger partial charge in [-0.25, -0.2) is 9.67 Å². The maximum atomic E-state index is 12.4. The molecule has 1 aromatic carbocycles. The number of benzene rings is 1. The zero-order valence-corrected chi connectivity index (χ0v) is 14.4. The predicted octanol–water partition coefficient (Wildman–Crippen LogP) is 1.91. The number of carbonyl (C=O) groups is 1. The van der Waals surface area contributed by atoms with Crippen molar-refractivity contribution in [2.75, 3.05) is 5.32 Å². The number of para-hydroxylation sites is 1. The average molecular weight is 340 g/mol. The van der Waals surface area contributed by atoms with Crippen LogP contribution in [0, 0.1) is 6.92 Å². The number of carbonyl (C=O) groups excluding carboxylic acids is 1. The molecule has 25 heavy (non-hydrogen) atoms. The fourth-order valence-electron chi connectivity index (χ4n) is 2.62. The Morgan fingerprint density at radius 3 is 2.76 bits per heavy atom. The Morgan fingerprint density at radius 1 is 1.28 bits per heavy atom. The van der Waals surface area contributed by atoms with Gasteiger partial charge in [-0.1, -0.05) is 12.1 Å². The molecule has 0 fully saturated rings. The summed E-state index contributed by atoms with van der Waals surface area (Å²) in [7, 11) is 0. The number of rotatable bonds is 5. The van der Waals surface area contributed by atoms with Gasteiger partial charge in [0, 0.05) is 19.0 Å². The third-order valence-corrected chi connectivity index (χ3v) is 3.85. The van der Waals surface area contributed by atoms with E-state index in [0.29, 0.717) is 10.9 Å². The maximum absolute atomic E-state index is 12.4. The smallest absolute Gasteiger partial charge is 0.261 e. The summed E-state index contributed by atoms with van der Waals surface area (Å²) < 4.78 is 3.18. The standard InChI is InChI=1S/C17H20N6O2/c1-11(2)23-12(3)19-17(21-23)20-15(24)8-9-22-10-18-14-7-5-4-6-13(14)16(22)25/h4-7,10-11H,8-9H2,1-3H3,(H,20,21,24). The van der Waals surface area contributed by atoms with Crippen molar-refractivity contribution in [3.63, 3.8) is 0 Å². The highest BCUT2D eigenvalue weighted by atomic mass is 16.2. The number of fused-ring (bicyclic) bond motifs is 1. The lowest BCUT2D eigenvalue weighted by atomic mass is 10.2. The molecule has 1 N–H and O–H groups in total. The van der Waals surface area contributed by atoms with Crippen molar-refractivity contribution in [3.05, 3.63) is 46.8 Å². The van der Waals surface area contributed by atoms with Crippen molar-refractivity contribution in [1.29, 1.82) is 0 Å². The first-order chi connectivity index (χ1) is 12.0. The van der Waals surface area contributed by atoms with E-state index in [4.69, 9.17) is 0 Å². The molecular formula is C17H20N6O2. The Kier molecular flexibility index (Phi) is 4.60. The maximum Gasteiger partial charge on any atom is 0.261 e. The first-order valence-corrected chi connectivity index (χ1v) is 8.13. The number of aryl methyl sites for hydroxylation is 2. The van der Waals surface area contributed by atoms with Crippen LogP contribution in [0.15, 0.2) is 35.4 Å². The zero-order valence-electron chi connectivity index (χ0n) is 14.4. The van der Waals surface area contributed by atoms with E-state index in [-0.39, 0.29) is 36.4 Å². The lowest BCUT2D eigenvalue weighted by molar-refractivity contribution is -0.116. The third kappa shape index (κ3) is 3.57. The van der Waals surface area contributed by atoms with Gasteiger partial charge < -0.3 is 0 Å². The molecule has 0 radical (unpaired) electrons. The normalized spacial score (nSPS) is 11.2. The van der Waals surface area contributed by atoms with Gasteiger partial charge in [-0.2, -0.15) is 4.98 Å². The monoisotopic (exact) mass is 340 g/mol. The minimum absolute atomic E-state index is 0.134. The molecule has 1 amide bonds. The quantitative estimate of drug-likeness (QED) is 0.765. The van der Waals surface area contributed by atoms with Crippen molar-refractivity contribution in [2.24, 2.45) is 0 Å². The topological polar surface area (TPSA) is 94.7 Å². The fourth-order valence-corrected chi connectivity index (χ4v) is 2.62. The van der Waals surface area contributed by atoms with Crippen LogP contribution < -0.4 is 10.9 Å². The molecule has 0 saturated carbocycles. The molecule has 0 aliphatic carbocycles. The number of amides is 1. The van der Waals surface area contributed by atoms with Gasteiger partial charge in [0.25, 0.3) is 5.56 Å². The molecule has 130 valence electrons. The molecule has 0 spiro atoms. The fraction of sp³-hybridized carbons (Fsp3) is 0.353. The van der Waals surface area contributed by atoms with E-state index in [2.05, 4.69) is 20.4 Å². The third-order valence-electron chi connectivity index (χ3n) is 3.85. The van der Waals surface area contributed by atoms with E-state index in [0.717, 1.165) is 5.82 Å². The summed E-state index contributed by atoms with van der Waals surface area (Å²) in [6, 6.07) is 7.30. The van der Waals surface area contributed by atoms with Gasteiger partial charge in [-0.05, 0) is 32.9 Å². The van der Waals surface area contributed by atoms with E-state index < -0.39 is 0 Å². The highest BCUT2D eigenvalue weighted by Gasteiger charge is 2.12. The molecule has 2 heterocycles. The second-order valence-corrected chi connectivity index (χ2v) is 6.08. The average Bonchev–Trinajstić information content (AvgIpc) is 2.95. The van der Waals surface area contributed by atoms with Crippen LogP contribution >= 0.6 is 0 Å². The van der Waals surface area contributed by atoms with Crippen molar-refractivity contribution in [3.8, 4) is 0 Å².